The standard InChI is InChI=1S/C17H19N3O3/c1-23-17(22)20-10-4-7-13(11-20)16(21)19-14-8-2-5-12-6-3-9-18-15(12)14/h2-3,5-6,8-9,13H,4,7,10-11H2,1H3,(H,19,21). The monoisotopic (exact) mass is 313 g/mol. The summed E-state index contributed by atoms with van der Waals surface area (Å²) in [6.45, 7) is 1.02. The summed E-state index contributed by atoms with van der Waals surface area (Å²) in [7, 11) is 1.35. The van der Waals surface area contributed by atoms with Crippen LogP contribution in [0.5, 0.6) is 0 Å². The second kappa shape index (κ2) is 6.64. The number of methoxy groups -OCH3 is 1. The Morgan fingerprint density at radius 3 is 2.96 bits per heavy atom. The summed E-state index contributed by atoms with van der Waals surface area (Å²) in [5.41, 5.74) is 1.47. The summed E-state index contributed by atoms with van der Waals surface area (Å²) in [5, 5.41) is 3.93. The number of likely N-dealkylation sites (tertiary alicyclic amines) is 1. The highest BCUT2D eigenvalue weighted by Crippen LogP contribution is 2.23. The lowest BCUT2D eigenvalue weighted by Gasteiger charge is -2.30. The van der Waals surface area contributed by atoms with Crippen LogP contribution in [0.25, 0.3) is 10.9 Å². The lowest BCUT2D eigenvalue weighted by atomic mass is 9.97. The highest BCUT2D eigenvalue weighted by Gasteiger charge is 2.29. The minimum Gasteiger partial charge on any atom is -0.453 e. The van der Waals surface area contributed by atoms with Gasteiger partial charge in [-0.15, -0.1) is 0 Å². The van der Waals surface area contributed by atoms with Gasteiger partial charge < -0.3 is 15.0 Å². The molecule has 1 N–H and O–H groups in total. The predicted octanol–water partition coefficient (Wildman–Crippen LogP) is 2.65. The van der Waals surface area contributed by atoms with Gasteiger partial charge in [0.2, 0.25) is 5.91 Å². The smallest absolute Gasteiger partial charge is 0.409 e. The number of pyridine rings is 1. The Morgan fingerprint density at radius 1 is 1.30 bits per heavy atom. The molecule has 0 spiro atoms. The van der Waals surface area contributed by atoms with Crippen molar-refractivity contribution in [1.82, 2.24) is 9.88 Å². The van der Waals surface area contributed by atoms with Gasteiger partial charge in [-0.2, -0.15) is 0 Å². The lowest BCUT2D eigenvalue weighted by molar-refractivity contribution is -0.121. The van der Waals surface area contributed by atoms with E-state index in [9.17, 15) is 9.59 Å². The molecule has 6 nitrogen and oxygen atoms in total. The van der Waals surface area contributed by atoms with Crippen molar-refractivity contribution in [2.24, 2.45) is 5.92 Å². The van der Waals surface area contributed by atoms with E-state index >= 15 is 0 Å². The Kier molecular flexibility index (Phi) is 4.41. The van der Waals surface area contributed by atoms with Crippen LogP contribution in [-0.2, 0) is 9.53 Å². The number of amides is 2. The minimum absolute atomic E-state index is 0.0863. The number of hydrogen-bond donors (Lipinski definition) is 1. The number of benzene rings is 1. The zero-order valence-electron chi connectivity index (χ0n) is 13.0. The fourth-order valence-corrected chi connectivity index (χ4v) is 2.93. The van der Waals surface area contributed by atoms with E-state index in [2.05, 4.69) is 10.3 Å². The number of aromatic nitrogens is 1. The van der Waals surface area contributed by atoms with Crippen molar-refractivity contribution in [2.45, 2.75) is 12.8 Å². The van der Waals surface area contributed by atoms with Crippen LogP contribution >= 0.6 is 0 Å². The Morgan fingerprint density at radius 2 is 2.13 bits per heavy atom. The van der Waals surface area contributed by atoms with Gasteiger partial charge in [0.1, 0.15) is 0 Å². The number of para-hydroxylation sites is 1. The quantitative estimate of drug-likeness (QED) is 0.925. The Balaban J connectivity index is 1.74. The maximum atomic E-state index is 12.6. The number of nitrogens with zero attached hydrogens (tertiary/aromatic N) is 2. The van der Waals surface area contributed by atoms with Gasteiger partial charge >= 0.3 is 6.09 Å². The van der Waals surface area contributed by atoms with Crippen molar-refractivity contribution in [3.8, 4) is 0 Å². The first-order valence-corrected chi connectivity index (χ1v) is 7.66. The predicted molar refractivity (Wildman–Crippen MR) is 87.1 cm³/mol. The first-order valence-electron chi connectivity index (χ1n) is 7.66. The third-order valence-corrected chi connectivity index (χ3v) is 4.12. The van der Waals surface area contributed by atoms with Crippen molar-refractivity contribution >= 4 is 28.6 Å². The second-order valence-corrected chi connectivity index (χ2v) is 5.63. The first kappa shape index (κ1) is 15.3. The number of piperidine rings is 1. The maximum absolute atomic E-state index is 12.6. The molecule has 2 aromatic rings. The van der Waals surface area contributed by atoms with Crippen LogP contribution in [0.3, 0.4) is 0 Å². The summed E-state index contributed by atoms with van der Waals surface area (Å²) in [6.07, 6.45) is 2.88. The molecule has 1 aromatic carbocycles. The molecule has 0 radical (unpaired) electrons. The minimum atomic E-state index is -0.380. The molecule has 1 saturated heterocycles. The van der Waals surface area contributed by atoms with Crippen LogP contribution in [-0.4, -0.2) is 42.1 Å². The molecule has 1 aliphatic rings. The van der Waals surface area contributed by atoms with Gasteiger partial charge in [-0.05, 0) is 25.0 Å². The molecule has 2 heterocycles. The molecule has 6 heteroatoms. The molecule has 0 aliphatic carbocycles. The molecular formula is C17H19N3O3. The molecule has 3 rings (SSSR count). The van der Waals surface area contributed by atoms with E-state index in [1.807, 2.05) is 30.3 Å². The van der Waals surface area contributed by atoms with Crippen molar-refractivity contribution in [1.29, 1.82) is 0 Å². The maximum Gasteiger partial charge on any atom is 0.409 e. The summed E-state index contributed by atoms with van der Waals surface area (Å²) in [4.78, 5) is 30.1. The number of rotatable bonds is 2. The summed E-state index contributed by atoms with van der Waals surface area (Å²) < 4.78 is 4.74. The Hall–Kier alpha value is -2.63. The number of nitrogens with one attached hydrogen (secondary N) is 1. The summed E-state index contributed by atoms with van der Waals surface area (Å²) in [5.74, 6) is -0.321. The van der Waals surface area contributed by atoms with Crippen LogP contribution in [0.4, 0.5) is 10.5 Å². The molecule has 2 amide bonds. The number of anilines is 1. The molecule has 120 valence electrons. The fourth-order valence-electron chi connectivity index (χ4n) is 2.93. The highest BCUT2D eigenvalue weighted by atomic mass is 16.5. The zero-order valence-corrected chi connectivity index (χ0v) is 13.0. The van der Waals surface area contributed by atoms with Crippen LogP contribution in [0.15, 0.2) is 36.5 Å². The van der Waals surface area contributed by atoms with E-state index in [4.69, 9.17) is 4.74 Å². The normalized spacial score (nSPS) is 17.8. The van der Waals surface area contributed by atoms with E-state index < -0.39 is 0 Å². The molecule has 1 atom stereocenters. The van der Waals surface area contributed by atoms with Crippen molar-refractivity contribution in [3.05, 3.63) is 36.5 Å². The van der Waals surface area contributed by atoms with Gasteiger partial charge in [0, 0.05) is 24.7 Å². The van der Waals surface area contributed by atoms with Gasteiger partial charge in [-0.1, -0.05) is 18.2 Å². The molecule has 1 unspecified atom stereocenters. The van der Waals surface area contributed by atoms with Gasteiger partial charge in [0.05, 0.1) is 24.2 Å². The number of carbonyl (C=O) groups is 2. The van der Waals surface area contributed by atoms with Gasteiger partial charge in [0.15, 0.2) is 0 Å². The number of hydrogen-bond acceptors (Lipinski definition) is 4. The highest BCUT2D eigenvalue weighted by molar-refractivity contribution is 6.01. The Bertz CT molecular complexity index is 727. The zero-order chi connectivity index (χ0) is 16.2. The molecule has 1 aliphatic heterocycles. The largest absolute Gasteiger partial charge is 0.453 e. The van der Waals surface area contributed by atoms with E-state index in [-0.39, 0.29) is 17.9 Å². The number of fused-ring (bicyclic) bond motifs is 1. The summed E-state index contributed by atoms with van der Waals surface area (Å²) in [6, 6.07) is 9.51. The molecule has 23 heavy (non-hydrogen) atoms. The third-order valence-electron chi connectivity index (χ3n) is 4.12. The van der Waals surface area contributed by atoms with Gasteiger partial charge in [-0.25, -0.2) is 4.79 Å². The van der Waals surface area contributed by atoms with E-state index in [0.717, 1.165) is 23.7 Å². The molecule has 0 saturated carbocycles. The van der Waals surface area contributed by atoms with E-state index in [1.165, 1.54) is 7.11 Å². The van der Waals surface area contributed by atoms with Crippen molar-refractivity contribution in [3.63, 3.8) is 0 Å². The molecule has 1 fully saturated rings. The van der Waals surface area contributed by atoms with Crippen LogP contribution in [0.1, 0.15) is 12.8 Å². The average molecular weight is 313 g/mol. The van der Waals surface area contributed by atoms with E-state index in [0.29, 0.717) is 18.8 Å². The molecular weight excluding hydrogens is 294 g/mol. The topological polar surface area (TPSA) is 71.5 Å². The lowest BCUT2D eigenvalue weighted by Crippen LogP contribution is -2.43. The third kappa shape index (κ3) is 3.26. The molecule has 0 bridgehead atoms. The van der Waals surface area contributed by atoms with E-state index in [1.54, 1.807) is 11.1 Å². The van der Waals surface area contributed by atoms with Crippen LogP contribution in [0, 0.1) is 5.92 Å². The van der Waals surface area contributed by atoms with Crippen molar-refractivity contribution < 1.29 is 14.3 Å². The summed E-state index contributed by atoms with van der Waals surface area (Å²) >= 11 is 0. The average Bonchev–Trinajstić information content (AvgIpc) is 2.61. The SMILES string of the molecule is COC(=O)N1CCCC(C(=O)Nc2cccc3cccnc23)C1. The van der Waals surface area contributed by atoms with Gasteiger partial charge in [-0.3, -0.25) is 9.78 Å². The van der Waals surface area contributed by atoms with Crippen molar-refractivity contribution in [2.75, 3.05) is 25.5 Å². The van der Waals surface area contributed by atoms with Crippen LogP contribution < -0.4 is 5.32 Å². The number of ether oxygens (including phenoxy) is 1. The Labute approximate surface area is 134 Å². The van der Waals surface area contributed by atoms with Gasteiger partial charge in [0.25, 0.3) is 0 Å². The first-order chi connectivity index (χ1) is 11.2. The second-order valence-electron chi connectivity index (χ2n) is 5.63. The fraction of sp³-hybridized carbons (Fsp3) is 0.353. The number of carbonyl (C=O) groups excluding carboxylic acids is 2. The van der Waals surface area contributed by atoms with Crippen LogP contribution in [0.2, 0.25) is 0 Å². The molecule has 1 aromatic heterocycles.